The van der Waals surface area contributed by atoms with Gasteiger partial charge in [0.05, 0.1) is 0 Å². The fourth-order valence-corrected chi connectivity index (χ4v) is 2.65. The van der Waals surface area contributed by atoms with Gasteiger partial charge in [-0.2, -0.15) is 13.2 Å². The van der Waals surface area contributed by atoms with Gasteiger partial charge >= 0.3 is 6.18 Å². The number of carbonyl (C=O) groups excluding carboxylic acids is 1. The molecular weight excluding hydrogens is 367 g/mol. The van der Waals surface area contributed by atoms with Crippen LogP contribution in [0.2, 0.25) is 0 Å². The third-order valence-corrected chi connectivity index (χ3v) is 3.93. The number of benzene rings is 1. The first-order valence-electron chi connectivity index (χ1n) is 7.02. The molecule has 0 saturated carbocycles. The highest BCUT2D eigenvalue weighted by atomic mass is 32.1. The lowest BCUT2D eigenvalue weighted by Gasteiger charge is -2.13. The fourth-order valence-electron chi connectivity index (χ4n) is 1.80. The minimum Gasteiger partial charge on any atom is -0.359 e. The number of hydrogen-bond acceptors (Lipinski definition) is 4. The Morgan fingerprint density at radius 3 is 2.68 bits per heavy atom. The van der Waals surface area contributed by atoms with Crippen LogP contribution in [-0.4, -0.2) is 29.8 Å². The van der Waals surface area contributed by atoms with E-state index in [4.69, 9.17) is 0 Å². The van der Waals surface area contributed by atoms with E-state index in [1.807, 2.05) is 0 Å². The SMILES string of the molecule is CC(OCC(F)(F)F)C(=O)Nc1ncc(Cc2ccc(F)c(F)c2)s1. The van der Waals surface area contributed by atoms with Gasteiger partial charge in [0.2, 0.25) is 0 Å². The van der Waals surface area contributed by atoms with Crippen molar-refractivity contribution < 1.29 is 31.5 Å². The number of thiazole rings is 1. The smallest absolute Gasteiger partial charge is 0.359 e. The van der Waals surface area contributed by atoms with E-state index in [1.54, 1.807) is 0 Å². The Hall–Kier alpha value is -2.07. The number of nitrogens with zero attached hydrogens (tertiary/aromatic N) is 1. The summed E-state index contributed by atoms with van der Waals surface area (Å²) >= 11 is 1.07. The van der Waals surface area contributed by atoms with Gasteiger partial charge in [0, 0.05) is 17.5 Å². The lowest BCUT2D eigenvalue weighted by molar-refractivity contribution is -0.184. The van der Waals surface area contributed by atoms with E-state index >= 15 is 0 Å². The molecule has 1 heterocycles. The molecule has 2 aromatic rings. The summed E-state index contributed by atoms with van der Waals surface area (Å²) in [5.74, 6) is -2.68. The highest BCUT2D eigenvalue weighted by molar-refractivity contribution is 7.15. The molecule has 0 aliphatic carbocycles. The van der Waals surface area contributed by atoms with Crippen LogP contribution in [0.1, 0.15) is 17.4 Å². The number of aromatic nitrogens is 1. The van der Waals surface area contributed by atoms with Gasteiger partial charge in [-0.05, 0) is 24.6 Å². The largest absolute Gasteiger partial charge is 0.411 e. The Balaban J connectivity index is 1.92. The molecule has 25 heavy (non-hydrogen) atoms. The second-order valence-corrected chi connectivity index (χ2v) is 6.23. The molecule has 1 amide bonds. The van der Waals surface area contributed by atoms with E-state index in [2.05, 4.69) is 15.0 Å². The third kappa shape index (κ3) is 6.05. The summed E-state index contributed by atoms with van der Waals surface area (Å²) in [7, 11) is 0. The molecule has 1 atom stereocenters. The number of alkyl halides is 3. The summed E-state index contributed by atoms with van der Waals surface area (Å²) in [6.07, 6.45) is -4.12. The van der Waals surface area contributed by atoms with Crippen LogP contribution < -0.4 is 5.32 Å². The third-order valence-electron chi connectivity index (χ3n) is 3.01. The Morgan fingerprint density at radius 1 is 1.32 bits per heavy atom. The second-order valence-electron chi connectivity index (χ2n) is 5.11. The molecule has 0 radical (unpaired) electrons. The quantitative estimate of drug-likeness (QED) is 0.773. The van der Waals surface area contributed by atoms with Gasteiger partial charge < -0.3 is 4.74 Å². The molecule has 0 spiro atoms. The molecule has 0 saturated heterocycles. The zero-order chi connectivity index (χ0) is 18.6. The van der Waals surface area contributed by atoms with Crippen molar-refractivity contribution in [3.05, 3.63) is 46.5 Å². The van der Waals surface area contributed by atoms with Crippen LogP contribution in [0, 0.1) is 11.6 Å². The zero-order valence-electron chi connectivity index (χ0n) is 12.9. The van der Waals surface area contributed by atoms with Crippen molar-refractivity contribution in [2.24, 2.45) is 0 Å². The molecule has 1 N–H and O–H groups in total. The number of carbonyl (C=O) groups is 1. The average molecular weight is 380 g/mol. The van der Waals surface area contributed by atoms with Gasteiger partial charge in [0.15, 0.2) is 16.8 Å². The maximum Gasteiger partial charge on any atom is 0.411 e. The van der Waals surface area contributed by atoms with Crippen LogP contribution in [0.4, 0.5) is 27.1 Å². The number of rotatable bonds is 6. The van der Waals surface area contributed by atoms with Crippen molar-refractivity contribution in [2.45, 2.75) is 25.6 Å². The van der Waals surface area contributed by atoms with Crippen LogP contribution in [0.3, 0.4) is 0 Å². The summed E-state index contributed by atoms with van der Waals surface area (Å²) in [4.78, 5) is 16.3. The maximum atomic E-state index is 13.2. The summed E-state index contributed by atoms with van der Waals surface area (Å²) < 4.78 is 66.6. The number of anilines is 1. The molecule has 136 valence electrons. The van der Waals surface area contributed by atoms with E-state index in [0.717, 1.165) is 23.5 Å². The van der Waals surface area contributed by atoms with E-state index in [0.29, 0.717) is 10.4 Å². The monoisotopic (exact) mass is 380 g/mol. The highest BCUT2D eigenvalue weighted by Gasteiger charge is 2.30. The predicted molar refractivity (Wildman–Crippen MR) is 81.4 cm³/mol. The first-order valence-corrected chi connectivity index (χ1v) is 7.83. The number of nitrogens with one attached hydrogen (secondary N) is 1. The van der Waals surface area contributed by atoms with E-state index < -0.39 is 36.4 Å². The average Bonchev–Trinajstić information content (AvgIpc) is 2.94. The fraction of sp³-hybridized carbons (Fsp3) is 0.333. The van der Waals surface area contributed by atoms with E-state index in [9.17, 15) is 26.7 Å². The topological polar surface area (TPSA) is 51.2 Å². The number of halogens is 5. The number of ether oxygens (including phenoxy) is 1. The van der Waals surface area contributed by atoms with Gasteiger partial charge in [-0.1, -0.05) is 6.07 Å². The molecule has 1 aromatic carbocycles. The Labute approximate surface area is 143 Å². The predicted octanol–water partition coefficient (Wildman–Crippen LogP) is 3.92. The van der Waals surface area contributed by atoms with Crippen LogP contribution in [-0.2, 0) is 16.0 Å². The molecule has 1 unspecified atom stereocenters. The molecular formula is C15H13F5N2O2S. The number of amides is 1. The van der Waals surface area contributed by atoms with Gasteiger partial charge in [-0.3, -0.25) is 10.1 Å². The van der Waals surface area contributed by atoms with Crippen molar-refractivity contribution >= 4 is 22.4 Å². The van der Waals surface area contributed by atoms with E-state index in [1.165, 1.54) is 19.2 Å². The van der Waals surface area contributed by atoms with Gasteiger partial charge in [0.25, 0.3) is 5.91 Å². The summed E-state index contributed by atoms with van der Waals surface area (Å²) in [5.41, 5.74) is 0.516. The normalized spacial score (nSPS) is 12.9. The van der Waals surface area contributed by atoms with Crippen molar-refractivity contribution in [3.63, 3.8) is 0 Å². The van der Waals surface area contributed by atoms with Crippen molar-refractivity contribution in [1.29, 1.82) is 0 Å². The first-order chi connectivity index (χ1) is 11.6. The van der Waals surface area contributed by atoms with Crippen molar-refractivity contribution in [2.75, 3.05) is 11.9 Å². The zero-order valence-corrected chi connectivity index (χ0v) is 13.7. The van der Waals surface area contributed by atoms with Crippen LogP contribution in [0.15, 0.2) is 24.4 Å². The summed E-state index contributed by atoms with van der Waals surface area (Å²) in [5, 5.41) is 2.52. The Kier molecular flexibility index (Phi) is 6.07. The highest BCUT2D eigenvalue weighted by Crippen LogP contribution is 2.22. The Bertz CT molecular complexity index is 748. The van der Waals surface area contributed by atoms with Crippen molar-refractivity contribution in [3.8, 4) is 0 Å². The van der Waals surface area contributed by atoms with Gasteiger partial charge in [-0.25, -0.2) is 13.8 Å². The lowest BCUT2D eigenvalue weighted by atomic mass is 10.1. The number of hydrogen-bond donors (Lipinski definition) is 1. The second kappa shape index (κ2) is 7.87. The molecule has 2 rings (SSSR count). The molecule has 1 aromatic heterocycles. The van der Waals surface area contributed by atoms with Gasteiger partial charge in [0.1, 0.15) is 12.7 Å². The summed E-state index contributed by atoms with van der Waals surface area (Å²) in [6, 6.07) is 3.48. The molecule has 10 heteroatoms. The summed E-state index contributed by atoms with van der Waals surface area (Å²) in [6.45, 7) is -0.336. The standard InChI is InChI=1S/C15H13F5N2O2S/c1-8(24-7-15(18,19)20)13(23)22-14-21-6-10(25-14)4-9-2-3-11(16)12(17)5-9/h2-3,5-6,8H,4,7H2,1H3,(H,21,22,23). The van der Waals surface area contributed by atoms with Crippen LogP contribution in [0.5, 0.6) is 0 Å². The molecule has 4 nitrogen and oxygen atoms in total. The minimum absolute atomic E-state index is 0.171. The van der Waals surface area contributed by atoms with Crippen LogP contribution >= 0.6 is 11.3 Å². The minimum atomic E-state index is -4.52. The Morgan fingerprint density at radius 2 is 2.04 bits per heavy atom. The van der Waals surface area contributed by atoms with E-state index in [-0.39, 0.29) is 11.6 Å². The molecule has 0 bridgehead atoms. The van der Waals surface area contributed by atoms with Crippen molar-refractivity contribution in [1.82, 2.24) is 4.98 Å². The molecule has 0 aliphatic rings. The molecule has 0 fully saturated rings. The molecule has 0 aliphatic heterocycles. The first kappa shape index (κ1) is 19.3. The maximum absolute atomic E-state index is 13.2. The van der Waals surface area contributed by atoms with Crippen LogP contribution in [0.25, 0.3) is 0 Å². The van der Waals surface area contributed by atoms with Gasteiger partial charge in [-0.15, -0.1) is 11.3 Å². The lowest BCUT2D eigenvalue weighted by Crippen LogP contribution is -2.31.